The monoisotopic (exact) mass is 296 g/mol. The molecule has 0 atom stereocenters. The number of thioether (sulfide) groups is 1. The number of likely N-dealkylation sites (N-methyl/N-ethyl adjacent to an activating group) is 1. The molecule has 0 radical (unpaired) electrons. The lowest BCUT2D eigenvalue weighted by Crippen LogP contribution is -2.27. The van der Waals surface area contributed by atoms with Crippen LogP contribution in [-0.2, 0) is 6.42 Å². The minimum Gasteiger partial charge on any atom is -0.396 e. The van der Waals surface area contributed by atoms with E-state index in [-0.39, 0.29) is 12.5 Å². The van der Waals surface area contributed by atoms with Gasteiger partial charge in [-0.15, -0.1) is 0 Å². The first-order valence-corrected chi connectivity index (χ1v) is 8.14. The fraction of sp³-hybridized carbons (Fsp3) is 0.533. The van der Waals surface area contributed by atoms with Crippen molar-refractivity contribution in [2.45, 2.75) is 12.8 Å². The van der Waals surface area contributed by atoms with E-state index in [4.69, 9.17) is 5.11 Å². The molecule has 0 saturated heterocycles. The number of hydrogen-bond acceptors (Lipinski definition) is 4. The van der Waals surface area contributed by atoms with Crippen LogP contribution in [0.3, 0.4) is 0 Å². The Kier molecular flexibility index (Phi) is 9.11. The molecule has 0 bridgehead atoms. The maximum Gasteiger partial charge on any atom is 0.251 e. The van der Waals surface area contributed by atoms with Gasteiger partial charge in [0.2, 0.25) is 0 Å². The fourth-order valence-electron chi connectivity index (χ4n) is 1.82. The molecule has 0 aromatic heterocycles. The molecule has 0 heterocycles. The largest absolute Gasteiger partial charge is 0.396 e. The summed E-state index contributed by atoms with van der Waals surface area (Å²) in [6, 6.07) is 7.74. The van der Waals surface area contributed by atoms with E-state index in [2.05, 4.69) is 10.6 Å². The second-order valence-electron chi connectivity index (χ2n) is 4.46. The van der Waals surface area contributed by atoms with Gasteiger partial charge in [0.25, 0.3) is 5.91 Å². The molecule has 3 N–H and O–H groups in total. The van der Waals surface area contributed by atoms with Crippen molar-refractivity contribution in [3.8, 4) is 0 Å². The van der Waals surface area contributed by atoms with Crippen molar-refractivity contribution in [3.63, 3.8) is 0 Å². The van der Waals surface area contributed by atoms with Gasteiger partial charge in [-0.05, 0) is 43.8 Å². The third kappa shape index (κ3) is 6.41. The lowest BCUT2D eigenvalue weighted by atomic mass is 10.0. The zero-order chi connectivity index (χ0) is 14.6. The summed E-state index contributed by atoms with van der Waals surface area (Å²) in [6.45, 7) is 1.76. The molecule has 0 saturated carbocycles. The average molecular weight is 296 g/mol. The SMILES string of the molecule is CNCCc1ccccc1C(=O)NCCSCCCO. The zero-order valence-electron chi connectivity index (χ0n) is 12.0. The summed E-state index contributed by atoms with van der Waals surface area (Å²) in [7, 11) is 1.91. The molecule has 0 aliphatic rings. The molecule has 20 heavy (non-hydrogen) atoms. The second kappa shape index (κ2) is 10.7. The van der Waals surface area contributed by atoms with Crippen molar-refractivity contribution in [1.29, 1.82) is 0 Å². The van der Waals surface area contributed by atoms with Crippen LogP contribution in [0.2, 0.25) is 0 Å². The van der Waals surface area contributed by atoms with Crippen LogP contribution in [0.4, 0.5) is 0 Å². The summed E-state index contributed by atoms with van der Waals surface area (Å²) >= 11 is 1.75. The standard InChI is InChI=1S/C15H24N2O2S/c1-16-8-7-13-5-2-3-6-14(13)15(19)17-9-12-20-11-4-10-18/h2-3,5-6,16,18H,4,7-12H2,1H3,(H,17,19). The summed E-state index contributed by atoms with van der Waals surface area (Å²) in [6.07, 6.45) is 1.66. The van der Waals surface area contributed by atoms with Gasteiger partial charge in [-0.2, -0.15) is 11.8 Å². The first-order valence-electron chi connectivity index (χ1n) is 6.99. The van der Waals surface area contributed by atoms with E-state index >= 15 is 0 Å². The van der Waals surface area contributed by atoms with Crippen LogP contribution in [0.25, 0.3) is 0 Å². The summed E-state index contributed by atoms with van der Waals surface area (Å²) in [5.74, 6) is 1.81. The highest BCUT2D eigenvalue weighted by atomic mass is 32.2. The van der Waals surface area contributed by atoms with Gasteiger partial charge in [0.05, 0.1) is 0 Å². The first-order chi connectivity index (χ1) is 9.79. The van der Waals surface area contributed by atoms with Crippen molar-refractivity contribution in [2.24, 2.45) is 0 Å². The highest BCUT2D eigenvalue weighted by molar-refractivity contribution is 7.99. The summed E-state index contributed by atoms with van der Waals surface area (Å²) in [5.41, 5.74) is 1.84. The van der Waals surface area contributed by atoms with Gasteiger partial charge in [0.1, 0.15) is 0 Å². The van der Waals surface area contributed by atoms with E-state index in [0.29, 0.717) is 6.54 Å². The number of rotatable bonds is 10. The number of aliphatic hydroxyl groups is 1. The molecule has 0 unspecified atom stereocenters. The average Bonchev–Trinajstić information content (AvgIpc) is 2.48. The topological polar surface area (TPSA) is 61.4 Å². The van der Waals surface area contributed by atoms with E-state index < -0.39 is 0 Å². The third-order valence-corrected chi connectivity index (χ3v) is 3.96. The van der Waals surface area contributed by atoms with E-state index in [9.17, 15) is 4.79 Å². The molecule has 112 valence electrons. The molecule has 1 rings (SSSR count). The van der Waals surface area contributed by atoms with Gasteiger partial charge >= 0.3 is 0 Å². The van der Waals surface area contributed by atoms with Gasteiger partial charge in [-0.25, -0.2) is 0 Å². The second-order valence-corrected chi connectivity index (χ2v) is 5.68. The minimum atomic E-state index is -0.000499. The number of aliphatic hydroxyl groups excluding tert-OH is 1. The molecule has 5 heteroatoms. The Morgan fingerprint density at radius 2 is 2.05 bits per heavy atom. The van der Waals surface area contributed by atoms with Gasteiger partial charge in [0, 0.05) is 24.5 Å². The highest BCUT2D eigenvalue weighted by Crippen LogP contribution is 2.09. The molecule has 1 aromatic carbocycles. The molecule has 1 amide bonds. The van der Waals surface area contributed by atoms with E-state index in [1.807, 2.05) is 31.3 Å². The predicted octanol–water partition coefficient (Wildman–Crippen LogP) is 1.29. The Balaban J connectivity index is 2.38. The summed E-state index contributed by atoms with van der Waals surface area (Å²) < 4.78 is 0. The molecule has 1 aromatic rings. The van der Waals surface area contributed by atoms with Crippen LogP contribution < -0.4 is 10.6 Å². The number of carbonyl (C=O) groups is 1. The van der Waals surface area contributed by atoms with Crippen LogP contribution in [0.5, 0.6) is 0 Å². The molecule has 0 aliphatic carbocycles. The zero-order valence-corrected chi connectivity index (χ0v) is 12.8. The Bertz CT molecular complexity index is 399. The molecule has 0 aliphatic heterocycles. The van der Waals surface area contributed by atoms with Gasteiger partial charge in [-0.3, -0.25) is 4.79 Å². The summed E-state index contributed by atoms with van der Waals surface area (Å²) in [5, 5.41) is 14.7. The number of nitrogens with one attached hydrogen (secondary N) is 2. The van der Waals surface area contributed by atoms with E-state index in [0.717, 1.165) is 42.0 Å². The Morgan fingerprint density at radius 3 is 2.80 bits per heavy atom. The van der Waals surface area contributed by atoms with Crippen molar-refractivity contribution in [2.75, 3.05) is 38.2 Å². The van der Waals surface area contributed by atoms with Crippen LogP contribution in [-0.4, -0.2) is 49.3 Å². The Hall–Kier alpha value is -1.04. The number of amides is 1. The third-order valence-electron chi connectivity index (χ3n) is 2.89. The van der Waals surface area contributed by atoms with Gasteiger partial charge in [-0.1, -0.05) is 18.2 Å². The number of carbonyl (C=O) groups excluding carboxylic acids is 1. The maximum absolute atomic E-state index is 12.1. The smallest absolute Gasteiger partial charge is 0.251 e. The molecule has 0 spiro atoms. The van der Waals surface area contributed by atoms with E-state index in [1.54, 1.807) is 11.8 Å². The number of benzene rings is 1. The number of hydrogen-bond donors (Lipinski definition) is 3. The van der Waals surface area contributed by atoms with Crippen molar-refractivity contribution >= 4 is 17.7 Å². The van der Waals surface area contributed by atoms with Crippen LogP contribution >= 0.6 is 11.8 Å². The Labute approximate surface area is 125 Å². The van der Waals surface area contributed by atoms with Crippen LogP contribution in [0.15, 0.2) is 24.3 Å². The molecular weight excluding hydrogens is 272 g/mol. The van der Waals surface area contributed by atoms with E-state index in [1.165, 1.54) is 0 Å². The van der Waals surface area contributed by atoms with Crippen molar-refractivity contribution in [3.05, 3.63) is 35.4 Å². The minimum absolute atomic E-state index is 0.000499. The summed E-state index contributed by atoms with van der Waals surface area (Å²) in [4.78, 5) is 12.1. The normalized spacial score (nSPS) is 10.5. The van der Waals surface area contributed by atoms with Crippen LogP contribution in [0, 0.1) is 0 Å². The first kappa shape index (κ1) is 17.0. The predicted molar refractivity (Wildman–Crippen MR) is 85.4 cm³/mol. The Morgan fingerprint density at radius 1 is 1.25 bits per heavy atom. The highest BCUT2D eigenvalue weighted by Gasteiger charge is 2.09. The van der Waals surface area contributed by atoms with Gasteiger partial charge < -0.3 is 15.7 Å². The van der Waals surface area contributed by atoms with Crippen LogP contribution in [0.1, 0.15) is 22.3 Å². The van der Waals surface area contributed by atoms with Crippen molar-refractivity contribution in [1.82, 2.24) is 10.6 Å². The maximum atomic E-state index is 12.1. The molecular formula is C15H24N2O2S. The lowest BCUT2D eigenvalue weighted by molar-refractivity contribution is 0.0955. The molecule has 4 nitrogen and oxygen atoms in total. The van der Waals surface area contributed by atoms with Gasteiger partial charge in [0.15, 0.2) is 0 Å². The fourth-order valence-corrected chi connectivity index (χ4v) is 2.60. The quantitative estimate of drug-likeness (QED) is 0.570. The molecule has 0 fully saturated rings. The lowest BCUT2D eigenvalue weighted by Gasteiger charge is -2.10. The van der Waals surface area contributed by atoms with Crippen molar-refractivity contribution < 1.29 is 9.90 Å².